The topological polar surface area (TPSA) is 58.2 Å². The first-order valence-electron chi connectivity index (χ1n) is 6.57. The van der Waals surface area contributed by atoms with E-state index in [2.05, 4.69) is 10.0 Å². The van der Waals surface area contributed by atoms with Crippen LogP contribution in [0.4, 0.5) is 0 Å². The first-order chi connectivity index (χ1) is 9.40. The Balaban J connectivity index is 2.11. The summed E-state index contributed by atoms with van der Waals surface area (Å²) in [5.74, 6) is 0. The fraction of sp³-hybridized carbons (Fsp3) is 0.538. The van der Waals surface area contributed by atoms with Gasteiger partial charge >= 0.3 is 0 Å². The highest BCUT2D eigenvalue weighted by Gasteiger charge is 2.29. The van der Waals surface area contributed by atoms with E-state index < -0.39 is 10.0 Å². The summed E-state index contributed by atoms with van der Waals surface area (Å²) in [5.41, 5.74) is 0.730. The molecule has 112 valence electrons. The monoisotopic (exact) mass is 336 g/mol. The Morgan fingerprint density at radius 2 is 1.95 bits per heavy atom. The molecule has 0 bridgehead atoms. The zero-order valence-corrected chi connectivity index (χ0v) is 13.5. The molecule has 0 amide bonds. The standard InChI is InChI=1S/C13H18Cl2N2O2S/c1-9(12-3-2-10(14)8-13(12)15)17-20(18,19)11-4-6-16-7-5-11/h2-3,8-9,11,16-17H,4-7H2,1H3. The van der Waals surface area contributed by atoms with E-state index in [9.17, 15) is 8.42 Å². The van der Waals surface area contributed by atoms with Crippen LogP contribution in [-0.2, 0) is 10.0 Å². The van der Waals surface area contributed by atoms with Crippen LogP contribution in [0.3, 0.4) is 0 Å². The van der Waals surface area contributed by atoms with Gasteiger partial charge in [-0.3, -0.25) is 0 Å². The van der Waals surface area contributed by atoms with Gasteiger partial charge in [-0.25, -0.2) is 13.1 Å². The van der Waals surface area contributed by atoms with Crippen LogP contribution in [0.5, 0.6) is 0 Å². The maximum atomic E-state index is 12.3. The third kappa shape index (κ3) is 3.86. The molecule has 1 aromatic carbocycles. The highest BCUT2D eigenvalue weighted by Crippen LogP contribution is 2.27. The molecular weight excluding hydrogens is 319 g/mol. The molecule has 0 aromatic heterocycles. The molecule has 1 unspecified atom stereocenters. The first kappa shape index (κ1) is 16.0. The van der Waals surface area contributed by atoms with Gasteiger partial charge in [-0.1, -0.05) is 29.3 Å². The molecule has 1 saturated heterocycles. The van der Waals surface area contributed by atoms with Gasteiger partial charge in [0.15, 0.2) is 0 Å². The number of nitrogens with one attached hydrogen (secondary N) is 2. The fourth-order valence-electron chi connectivity index (χ4n) is 2.36. The van der Waals surface area contributed by atoms with E-state index in [1.807, 2.05) is 0 Å². The molecule has 1 fully saturated rings. The van der Waals surface area contributed by atoms with E-state index in [0.717, 1.165) is 18.7 Å². The molecule has 2 N–H and O–H groups in total. The first-order valence-corrected chi connectivity index (χ1v) is 8.87. The summed E-state index contributed by atoms with van der Waals surface area (Å²) in [4.78, 5) is 0. The van der Waals surface area contributed by atoms with Crippen molar-refractivity contribution < 1.29 is 8.42 Å². The summed E-state index contributed by atoms with van der Waals surface area (Å²) in [6, 6.07) is 4.70. The summed E-state index contributed by atoms with van der Waals surface area (Å²) in [7, 11) is -3.34. The van der Waals surface area contributed by atoms with E-state index in [1.54, 1.807) is 25.1 Å². The predicted octanol–water partition coefficient (Wildman–Crippen LogP) is 2.73. The van der Waals surface area contributed by atoms with Gasteiger partial charge in [0, 0.05) is 16.1 Å². The van der Waals surface area contributed by atoms with Gasteiger partial charge in [-0.05, 0) is 50.6 Å². The van der Waals surface area contributed by atoms with Crippen molar-refractivity contribution in [1.29, 1.82) is 0 Å². The Morgan fingerprint density at radius 3 is 2.55 bits per heavy atom. The smallest absolute Gasteiger partial charge is 0.215 e. The van der Waals surface area contributed by atoms with Gasteiger partial charge < -0.3 is 5.32 Å². The Morgan fingerprint density at radius 1 is 1.30 bits per heavy atom. The fourth-order valence-corrected chi connectivity index (χ4v) is 4.61. The second-order valence-corrected chi connectivity index (χ2v) is 7.84. The number of benzene rings is 1. The SMILES string of the molecule is CC(NS(=O)(=O)C1CCNCC1)c1ccc(Cl)cc1Cl. The molecule has 2 rings (SSSR count). The zero-order valence-electron chi connectivity index (χ0n) is 11.2. The van der Waals surface area contributed by atoms with Crippen LogP contribution >= 0.6 is 23.2 Å². The van der Waals surface area contributed by atoms with Crippen molar-refractivity contribution in [2.75, 3.05) is 13.1 Å². The Bertz CT molecular complexity index is 572. The molecular formula is C13H18Cl2N2O2S. The Hall–Kier alpha value is -0.330. The summed E-state index contributed by atoms with van der Waals surface area (Å²) >= 11 is 12.0. The van der Waals surface area contributed by atoms with Crippen LogP contribution in [0.2, 0.25) is 10.0 Å². The number of rotatable bonds is 4. The van der Waals surface area contributed by atoms with Crippen molar-refractivity contribution >= 4 is 33.2 Å². The lowest BCUT2D eigenvalue weighted by atomic mass is 10.1. The lowest BCUT2D eigenvalue weighted by molar-refractivity contribution is 0.484. The molecule has 1 aliphatic rings. The number of hydrogen-bond acceptors (Lipinski definition) is 3. The van der Waals surface area contributed by atoms with Gasteiger partial charge in [0.2, 0.25) is 10.0 Å². The van der Waals surface area contributed by atoms with Gasteiger partial charge in [-0.15, -0.1) is 0 Å². The third-order valence-electron chi connectivity index (χ3n) is 3.50. The minimum Gasteiger partial charge on any atom is -0.317 e. The van der Waals surface area contributed by atoms with E-state index in [1.165, 1.54) is 0 Å². The zero-order chi connectivity index (χ0) is 14.8. The lowest BCUT2D eigenvalue weighted by Crippen LogP contribution is -2.42. The van der Waals surface area contributed by atoms with Crippen molar-refractivity contribution in [3.63, 3.8) is 0 Å². The Labute approximate surface area is 129 Å². The van der Waals surface area contributed by atoms with Crippen LogP contribution in [0.15, 0.2) is 18.2 Å². The molecule has 1 atom stereocenters. The average Bonchev–Trinajstić information content (AvgIpc) is 2.39. The number of hydrogen-bond donors (Lipinski definition) is 2. The number of sulfonamides is 1. The quantitative estimate of drug-likeness (QED) is 0.888. The van der Waals surface area contributed by atoms with Crippen molar-refractivity contribution in [2.24, 2.45) is 0 Å². The van der Waals surface area contributed by atoms with E-state index in [-0.39, 0.29) is 11.3 Å². The van der Waals surface area contributed by atoms with Crippen molar-refractivity contribution in [1.82, 2.24) is 10.0 Å². The molecule has 0 radical (unpaired) electrons. The van der Waals surface area contributed by atoms with Crippen molar-refractivity contribution in [3.8, 4) is 0 Å². The lowest BCUT2D eigenvalue weighted by Gasteiger charge is -2.25. The van der Waals surface area contributed by atoms with Gasteiger partial charge in [-0.2, -0.15) is 0 Å². The van der Waals surface area contributed by atoms with Gasteiger partial charge in [0.05, 0.1) is 5.25 Å². The molecule has 0 aliphatic carbocycles. The van der Waals surface area contributed by atoms with E-state index >= 15 is 0 Å². The average molecular weight is 337 g/mol. The van der Waals surface area contributed by atoms with Crippen LogP contribution in [-0.4, -0.2) is 26.8 Å². The van der Waals surface area contributed by atoms with Crippen molar-refractivity contribution in [3.05, 3.63) is 33.8 Å². The normalized spacial score (nSPS) is 18.9. The molecule has 0 spiro atoms. The largest absolute Gasteiger partial charge is 0.317 e. The second-order valence-electron chi connectivity index (χ2n) is 5.00. The molecule has 7 heteroatoms. The number of piperidine rings is 1. The van der Waals surface area contributed by atoms with Crippen LogP contribution in [0, 0.1) is 0 Å². The second kappa shape index (κ2) is 6.62. The predicted molar refractivity (Wildman–Crippen MR) is 82.8 cm³/mol. The molecule has 4 nitrogen and oxygen atoms in total. The molecule has 20 heavy (non-hydrogen) atoms. The molecule has 0 saturated carbocycles. The van der Waals surface area contributed by atoms with Crippen molar-refractivity contribution in [2.45, 2.75) is 31.1 Å². The molecule has 1 aromatic rings. The van der Waals surface area contributed by atoms with Crippen LogP contribution in [0.1, 0.15) is 31.4 Å². The minimum atomic E-state index is -3.34. The van der Waals surface area contributed by atoms with E-state index in [4.69, 9.17) is 23.2 Å². The summed E-state index contributed by atoms with van der Waals surface area (Å²) in [5, 5.41) is 3.83. The summed E-state index contributed by atoms with van der Waals surface area (Å²) in [6.45, 7) is 3.26. The Kier molecular flexibility index (Phi) is 5.31. The van der Waals surface area contributed by atoms with Gasteiger partial charge in [0.25, 0.3) is 0 Å². The maximum Gasteiger partial charge on any atom is 0.215 e. The summed E-state index contributed by atoms with van der Waals surface area (Å²) < 4.78 is 27.4. The van der Waals surface area contributed by atoms with E-state index in [0.29, 0.717) is 22.9 Å². The van der Waals surface area contributed by atoms with Crippen LogP contribution in [0.25, 0.3) is 0 Å². The number of halogens is 2. The maximum absolute atomic E-state index is 12.3. The third-order valence-corrected chi connectivity index (χ3v) is 6.09. The highest BCUT2D eigenvalue weighted by atomic mass is 35.5. The van der Waals surface area contributed by atoms with Gasteiger partial charge in [0.1, 0.15) is 0 Å². The molecule has 1 heterocycles. The molecule has 1 aliphatic heterocycles. The minimum absolute atomic E-state index is 0.336. The van der Waals surface area contributed by atoms with Crippen LogP contribution < -0.4 is 10.0 Å². The summed E-state index contributed by atoms with van der Waals surface area (Å²) in [6.07, 6.45) is 1.27. The highest BCUT2D eigenvalue weighted by molar-refractivity contribution is 7.90.